The molecule has 1 aliphatic carbocycles. The highest BCUT2D eigenvalue weighted by atomic mass is 19.1. The molecule has 1 aromatic carbocycles. The Labute approximate surface area is 114 Å². The van der Waals surface area contributed by atoms with Crippen LogP contribution in [0.25, 0.3) is 0 Å². The fourth-order valence-corrected chi connectivity index (χ4v) is 2.63. The van der Waals surface area contributed by atoms with Crippen molar-refractivity contribution in [1.29, 1.82) is 0 Å². The normalized spacial score (nSPS) is 18.2. The second-order valence-electron chi connectivity index (χ2n) is 5.41. The summed E-state index contributed by atoms with van der Waals surface area (Å²) in [6.45, 7) is 0.998. The van der Waals surface area contributed by atoms with Crippen molar-refractivity contribution < 1.29 is 13.3 Å². The van der Waals surface area contributed by atoms with Crippen LogP contribution in [0.15, 0.2) is 16.7 Å². The molecule has 2 heterocycles. The molecule has 1 saturated carbocycles. The quantitative estimate of drug-likeness (QED) is 0.846. The van der Waals surface area contributed by atoms with Crippen LogP contribution >= 0.6 is 0 Å². The lowest BCUT2D eigenvalue weighted by atomic mass is 9.99. The van der Waals surface area contributed by atoms with Crippen LogP contribution in [-0.2, 0) is 13.0 Å². The second kappa shape index (κ2) is 4.26. The predicted molar refractivity (Wildman–Crippen MR) is 67.4 cm³/mol. The fourth-order valence-electron chi connectivity index (χ4n) is 2.63. The Hall–Kier alpha value is -1.98. The SMILES string of the molecule is Fc1cc(F)c2c(c1)CN(c1nc(C3CC3)no1)CC2. The third kappa shape index (κ3) is 1.95. The summed E-state index contributed by atoms with van der Waals surface area (Å²) < 4.78 is 32.2. The molecule has 2 aliphatic rings. The average Bonchev–Trinajstić information content (AvgIpc) is 3.15. The lowest BCUT2D eigenvalue weighted by Crippen LogP contribution is -2.31. The zero-order chi connectivity index (χ0) is 13.7. The van der Waals surface area contributed by atoms with Gasteiger partial charge in [0.05, 0.1) is 0 Å². The van der Waals surface area contributed by atoms with E-state index in [4.69, 9.17) is 4.52 Å². The molecule has 0 spiro atoms. The molecule has 2 aromatic rings. The van der Waals surface area contributed by atoms with Crippen molar-refractivity contribution in [2.45, 2.75) is 31.7 Å². The number of halogens is 2. The summed E-state index contributed by atoms with van der Waals surface area (Å²) >= 11 is 0. The van der Waals surface area contributed by atoms with Crippen LogP contribution in [0.1, 0.15) is 35.7 Å². The van der Waals surface area contributed by atoms with Crippen molar-refractivity contribution in [3.8, 4) is 0 Å². The van der Waals surface area contributed by atoms with E-state index in [0.717, 1.165) is 24.7 Å². The van der Waals surface area contributed by atoms with Gasteiger partial charge in [-0.1, -0.05) is 5.16 Å². The first-order valence-electron chi connectivity index (χ1n) is 6.76. The summed E-state index contributed by atoms with van der Waals surface area (Å²) in [6.07, 6.45) is 2.74. The van der Waals surface area contributed by atoms with Crippen LogP contribution in [0.2, 0.25) is 0 Å². The number of nitrogens with zero attached hydrogens (tertiary/aromatic N) is 3. The van der Waals surface area contributed by atoms with Gasteiger partial charge in [0, 0.05) is 25.1 Å². The first-order valence-corrected chi connectivity index (χ1v) is 6.76. The standard InChI is InChI=1S/C14H13F2N3O/c15-10-5-9-7-19(4-3-11(9)12(16)6-10)14-17-13(18-20-14)8-1-2-8/h5-6,8H,1-4,7H2. The van der Waals surface area contributed by atoms with E-state index in [0.29, 0.717) is 42.6 Å². The molecule has 1 aliphatic heterocycles. The number of hydrogen-bond acceptors (Lipinski definition) is 4. The molecule has 1 aromatic heterocycles. The molecule has 0 atom stereocenters. The van der Waals surface area contributed by atoms with Crippen LogP contribution in [-0.4, -0.2) is 16.7 Å². The van der Waals surface area contributed by atoms with E-state index in [2.05, 4.69) is 10.1 Å². The lowest BCUT2D eigenvalue weighted by Gasteiger charge is -2.27. The van der Waals surface area contributed by atoms with Crippen molar-refractivity contribution in [2.75, 3.05) is 11.4 Å². The molecule has 0 unspecified atom stereocenters. The molecular formula is C14H13F2N3O. The Balaban J connectivity index is 1.62. The maximum absolute atomic E-state index is 13.7. The highest BCUT2D eigenvalue weighted by Gasteiger charge is 2.30. The van der Waals surface area contributed by atoms with E-state index in [1.54, 1.807) is 0 Å². The first kappa shape index (κ1) is 11.8. The maximum Gasteiger partial charge on any atom is 0.324 e. The van der Waals surface area contributed by atoms with Crippen LogP contribution in [0.5, 0.6) is 0 Å². The molecule has 0 saturated heterocycles. The third-order valence-electron chi connectivity index (χ3n) is 3.89. The van der Waals surface area contributed by atoms with Crippen molar-refractivity contribution >= 4 is 6.01 Å². The van der Waals surface area contributed by atoms with Gasteiger partial charge in [-0.3, -0.25) is 0 Å². The smallest absolute Gasteiger partial charge is 0.320 e. The van der Waals surface area contributed by atoms with Gasteiger partial charge in [0.2, 0.25) is 0 Å². The Bertz CT molecular complexity index is 666. The average molecular weight is 277 g/mol. The van der Waals surface area contributed by atoms with Crippen molar-refractivity contribution in [1.82, 2.24) is 10.1 Å². The van der Waals surface area contributed by atoms with Gasteiger partial charge in [-0.15, -0.1) is 0 Å². The molecule has 4 rings (SSSR count). The number of fused-ring (bicyclic) bond motifs is 1. The Morgan fingerprint density at radius 2 is 2.10 bits per heavy atom. The van der Waals surface area contributed by atoms with Crippen LogP contribution in [0, 0.1) is 11.6 Å². The highest BCUT2D eigenvalue weighted by molar-refractivity contribution is 5.39. The Morgan fingerprint density at radius 3 is 2.90 bits per heavy atom. The molecule has 1 fully saturated rings. The molecule has 0 radical (unpaired) electrons. The molecule has 4 nitrogen and oxygen atoms in total. The largest absolute Gasteiger partial charge is 0.324 e. The summed E-state index contributed by atoms with van der Waals surface area (Å²) in [5, 5.41) is 3.97. The predicted octanol–water partition coefficient (Wildman–Crippen LogP) is 2.79. The minimum atomic E-state index is -0.549. The van der Waals surface area contributed by atoms with Crippen LogP contribution < -0.4 is 4.90 Å². The van der Waals surface area contributed by atoms with E-state index in [9.17, 15) is 8.78 Å². The van der Waals surface area contributed by atoms with Gasteiger partial charge >= 0.3 is 6.01 Å². The van der Waals surface area contributed by atoms with E-state index in [1.165, 1.54) is 6.07 Å². The zero-order valence-corrected chi connectivity index (χ0v) is 10.8. The molecule has 0 N–H and O–H groups in total. The third-order valence-corrected chi connectivity index (χ3v) is 3.89. The summed E-state index contributed by atoms with van der Waals surface area (Å²) in [6, 6.07) is 2.76. The zero-order valence-electron chi connectivity index (χ0n) is 10.8. The van der Waals surface area contributed by atoms with Crippen LogP contribution in [0.3, 0.4) is 0 Å². The van der Waals surface area contributed by atoms with Gasteiger partial charge in [-0.25, -0.2) is 8.78 Å². The van der Waals surface area contributed by atoms with Gasteiger partial charge in [0.25, 0.3) is 0 Å². The summed E-state index contributed by atoms with van der Waals surface area (Å²) in [5.41, 5.74) is 1.24. The summed E-state index contributed by atoms with van der Waals surface area (Å²) in [7, 11) is 0. The van der Waals surface area contributed by atoms with E-state index < -0.39 is 11.6 Å². The minimum Gasteiger partial charge on any atom is -0.320 e. The number of anilines is 1. The lowest BCUT2D eigenvalue weighted by molar-refractivity contribution is 0.402. The number of aromatic nitrogens is 2. The monoisotopic (exact) mass is 277 g/mol. The van der Waals surface area contributed by atoms with Crippen molar-refractivity contribution in [2.24, 2.45) is 0 Å². The van der Waals surface area contributed by atoms with Gasteiger partial charge in [-0.2, -0.15) is 4.98 Å². The van der Waals surface area contributed by atoms with Crippen molar-refractivity contribution in [3.05, 3.63) is 40.7 Å². The highest BCUT2D eigenvalue weighted by Crippen LogP contribution is 2.39. The molecule has 0 amide bonds. The van der Waals surface area contributed by atoms with Crippen LogP contribution in [0.4, 0.5) is 14.8 Å². The molecule has 6 heteroatoms. The van der Waals surface area contributed by atoms with E-state index in [1.807, 2.05) is 4.90 Å². The second-order valence-corrected chi connectivity index (χ2v) is 5.41. The fraction of sp³-hybridized carbons (Fsp3) is 0.429. The Kier molecular flexibility index (Phi) is 2.52. The first-order chi connectivity index (χ1) is 9.70. The molecule has 0 bridgehead atoms. The maximum atomic E-state index is 13.7. The van der Waals surface area contributed by atoms with Gasteiger partial charge in [0.1, 0.15) is 11.6 Å². The minimum absolute atomic E-state index is 0.399. The van der Waals surface area contributed by atoms with Crippen molar-refractivity contribution in [3.63, 3.8) is 0 Å². The topological polar surface area (TPSA) is 42.2 Å². The number of rotatable bonds is 2. The molecule has 20 heavy (non-hydrogen) atoms. The van der Waals surface area contributed by atoms with Gasteiger partial charge < -0.3 is 9.42 Å². The summed E-state index contributed by atoms with van der Waals surface area (Å²) in [4.78, 5) is 6.25. The number of hydrogen-bond donors (Lipinski definition) is 0. The van der Waals surface area contributed by atoms with Gasteiger partial charge in [-0.05, 0) is 36.5 Å². The van der Waals surface area contributed by atoms with Gasteiger partial charge in [0.15, 0.2) is 5.82 Å². The molecule has 104 valence electrons. The summed E-state index contributed by atoms with van der Waals surface area (Å²) in [5.74, 6) is 0.159. The molecular weight excluding hydrogens is 264 g/mol. The van der Waals surface area contributed by atoms with E-state index in [-0.39, 0.29) is 0 Å². The Morgan fingerprint density at radius 1 is 1.25 bits per heavy atom. The number of benzene rings is 1. The van der Waals surface area contributed by atoms with E-state index >= 15 is 0 Å².